The number of nitrogens with one attached hydrogen (secondary N) is 3. The molecule has 66 heavy (non-hydrogen) atoms. The Balaban J connectivity index is 1.42. The highest BCUT2D eigenvalue weighted by molar-refractivity contribution is 5.95. The summed E-state index contributed by atoms with van der Waals surface area (Å²) in [7, 11) is 0. The zero-order chi connectivity index (χ0) is 47.4. The largest absolute Gasteiger partial charge is 0.494 e. The molecule has 18 heteroatoms. The first kappa shape index (κ1) is 52.4. The first-order valence-corrected chi connectivity index (χ1v) is 23.5. The number of anilines is 3. The molecule has 4 rings (SSSR count). The predicted octanol–water partition coefficient (Wildman–Crippen LogP) is 10.7. The Morgan fingerprint density at radius 1 is 0.394 bits per heavy atom. The van der Waals surface area contributed by atoms with Crippen molar-refractivity contribution in [3.63, 3.8) is 0 Å². The Morgan fingerprint density at radius 3 is 0.864 bits per heavy atom. The number of amides is 3. The molecule has 0 saturated heterocycles. The van der Waals surface area contributed by atoms with Gasteiger partial charge in [0.1, 0.15) is 17.2 Å². The van der Waals surface area contributed by atoms with Gasteiger partial charge < -0.3 is 14.2 Å². The number of carbonyl (C=O) groups is 3. The Bertz CT molecular complexity index is 1770. The number of hydrogen-bond acceptors (Lipinski definition) is 15. The summed E-state index contributed by atoms with van der Waals surface area (Å²) in [4.78, 5) is 51.9. The molecular weight excluding hydrogens is 847 g/mol. The lowest BCUT2D eigenvalue weighted by molar-refractivity contribution is -0.0410. The van der Waals surface area contributed by atoms with Gasteiger partial charge in [-0.1, -0.05) is 117 Å². The number of hydroxylamine groups is 3. The number of hydrazine groups is 3. The van der Waals surface area contributed by atoms with E-state index >= 15 is 0 Å². The maximum Gasteiger partial charge on any atom is 0.297 e. The second kappa shape index (κ2) is 30.1. The Morgan fingerprint density at radius 2 is 0.621 bits per heavy atom. The fraction of sp³-hybridized carbons (Fsp3) is 0.500. The van der Waals surface area contributed by atoms with Crippen molar-refractivity contribution in [3.05, 3.63) is 89.5 Å². The third-order valence-electron chi connectivity index (χ3n) is 10.4. The summed E-state index contributed by atoms with van der Waals surface area (Å²) in [6, 6.07) is 18.5. The first-order valence-electron chi connectivity index (χ1n) is 23.5. The van der Waals surface area contributed by atoms with E-state index in [2.05, 4.69) is 52.0 Å². The van der Waals surface area contributed by atoms with Gasteiger partial charge in [-0.25, -0.2) is 16.3 Å². The molecule has 18 nitrogen and oxygen atoms in total. The Kier molecular flexibility index (Phi) is 23.9. The molecular formula is C48H69N9O9. The minimum absolute atomic E-state index is 0.0829. The average Bonchev–Trinajstić information content (AvgIpc) is 3.33. The van der Waals surface area contributed by atoms with Crippen LogP contribution >= 0.6 is 0 Å². The maximum absolute atomic E-state index is 13.2. The SMILES string of the molecule is CCCCCCCCOc1ccc(C(=O)N(O)Nc2nc(NN(O)C(=O)c3ccc(OCCCCCCCC)cc3)nc(NN(O)C(=O)c3ccc(OCCCCCCCC)cc3)n2)cc1. The van der Waals surface area contributed by atoms with Crippen LogP contribution in [0.4, 0.5) is 17.8 Å². The smallest absolute Gasteiger partial charge is 0.297 e. The number of hydrogen-bond donors (Lipinski definition) is 6. The van der Waals surface area contributed by atoms with Gasteiger partial charge in [0.2, 0.25) is 0 Å². The van der Waals surface area contributed by atoms with Gasteiger partial charge in [-0.2, -0.15) is 15.0 Å². The van der Waals surface area contributed by atoms with Crippen LogP contribution in [-0.4, -0.2) is 83.6 Å². The van der Waals surface area contributed by atoms with Crippen LogP contribution in [0.5, 0.6) is 17.2 Å². The van der Waals surface area contributed by atoms with Crippen LogP contribution in [0.1, 0.15) is 167 Å². The van der Waals surface area contributed by atoms with Crippen molar-refractivity contribution in [1.29, 1.82) is 0 Å². The molecule has 6 N–H and O–H groups in total. The second-order valence-corrected chi connectivity index (χ2v) is 15.9. The quantitative estimate of drug-likeness (QED) is 0.0149. The van der Waals surface area contributed by atoms with Gasteiger partial charge in [-0.05, 0) is 92.1 Å². The monoisotopic (exact) mass is 916 g/mol. The summed E-state index contributed by atoms with van der Waals surface area (Å²) in [5, 5.41) is 32.7. The van der Waals surface area contributed by atoms with Gasteiger partial charge in [0.05, 0.1) is 19.8 Å². The van der Waals surface area contributed by atoms with E-state index in [1.54, 1.807) is 36.4 Å². The van der Waals surface area contributed by atoms with Crippen molar-refractivity contribution < 1.29 is 44.2 Å². The van der Waals surface area contributed by atoms with Crippen molar-refractivity contribution in [2.75, 3.05) is 36.1 Å². The van der Waals surface area contributed by atoms with Gasteiger partial charge in [-0.3, -0.25) is 30.0 Å². The van der Waals surface area contributed by atoms with Crippen molar-refractivity contribution in [3.8, 4) is 17.2 Å². The van der Waals surface area contributed by atoms with E-state index in [1.807, 2.05) is 0 Å². The molecule has 1 aromatic heterocycles. The molecule has 0 aliphatic carbocycles. The summed E-state index contributed by atoms with van der Waals surface area (Å²) < 4.78 is 17.4. The fourth-order valence-electron chi connectivity index (χ4n) is 6.63. The normalized spacial score (nSPS) is 10.8. The van der Waals surface area contributed by atoms with E-state index < -0.39 is 35.6 Å². The lowest BCUT2D eigenvalue weighted by Gasteiger charge is -2.20. The maximum atomic E-state index is 13.2. The number of carbonyl (C=O) groups excluding carboxylic acids is 3. The van der Waals surface area contributed by atoms with E-state index in [0.717, 1.165) is 57.8 Å². The van der Waals surface area contributed by atoms with Gasteiger partial charge in [0.25, 0.3) is 35.6 Å². The van der Waals surface area contributed by atoms with Crippen LogP contribution in [0.2, 0.25) is 0 Å². The summed E-state index contributed by atoms with van der Waals surface area (Å²) >= 11 is 0. The number of nitrogens with zero attached hydrogens (tertiary/aromatic N) is 6. The van der Waals surface area contributed by atoms with Gasteiger partial charge >= 0.3 is 0 Å². The highest BCUT2D eigenvalue weighted by atomic mass is 16.6. The van der Waals surface area contributed by atoms with Crippen LogP contribution in [0.25, 0.3) is 0 Å². The number of ether oxygens (including phenoxy) is 3. The van der Waals surface area contributed by atoms with Crippen LogP contribution in [0, 0.1) is 0 Å². The highest BCUT2D eigenvalue weighted by Gasteiger charge is 2.22. The van der Waals surface area contributed by atoms with Crippen molar-refractivity contribution >= 4 is 35.6 Å². The molecule has 0 unspecified atom stereocenters. The van der Waals surface area contributed by atoms with E-state index in [9.17, 15) is 30.0 Å². The van der Waals surface area contributed by atoms with Gasteiger partial charge in [0, 0.05) is 16.7 Å². The molecule has 0 radical (unpaired) electrons. The van der Waals surface area contributed by atoms with E-state index in [-0.39, 0.29) is 32.2 Å². The summed E-state index contributed by atoms with van der Waals surface area (Å²) in [5.74, 6) is -2.55. The number of unbranched alkanes of at least 4 members (excludes halogenated alkanes) is 15. The summed E-state index contributed by atoms with van der Waals surface area (Å²) in [6.07, 6.45) is 20.2. The molecule has 0 aliphatic rings. The average molecular weight is 916 g/mol. The number of aromatic nitrogens is 3. The molecule has 0 fully saturated rings. The third kappa shape index (κ3) is 19.1. The van der Waals surface area contributed by atoms with E-state index in [4.69, 9.17) is 14.2 Å². The fourth-order valence-corrected chi connectivity index (χ4v) is 6.63. The highest BCUT2D eigenvalue weighted by Crippen LogP contribution is 2.20. The van der Waals surface area contributed by atoms with Crippen LogP contribution in [0.3, 0.4) is 0 Å². The van der Waals surface area contributed by atoms with Crippen molar-refractivity contribution in [1.82, 2.24) is 30.5 Å². The lowest BCUT2D eigenvalue weighted by Crippen LogP contribution is -2.37. The molecule has 0 aliphatic heterocycles. The van der Waals surface area contributed by atoms with E-state index in [0.29, 0.717) is 37.1 Å². The van der Waals surface area contributed by atoms with Crippen LogP contribution in [-0.2, 0) is 0 Å². The molecule has 0 spiro atoms. The molecule has 0 bridgehead atoms. The number of rotatable bonds is 33. The van der Waals surface area contributed by atoms with Gasteiger partial charge in [-0.15, -0.1) is 15.5 Å². The lowest BCUT2D eigenvalue weighted by atomic mass is 10.1. The van der Waals surface area contributed by atoms with Crippen LogP contribution < -0.4 is 30.5 Å². The molecule has 3 amide bonds. The number of benzene rings is 3. The molecule has 0 atom stereocenters. The first-order chi connectivity index (χ1) is 32.1. The molecule has 3 aromatic carbocycles. The van der Waals surface area contributed by atoms with E-state index in [1.165, 1.54) is 94.2 Å². The Hall–Kier alpha value is -6.24. The second-order valence-electron chi connectivity index (χ2n) is 15.9. The molecule has 360 valence electrons. The summed E-state index contributed by atoms with van der Waals surface area (Å²) in [5.41, 5.74) is 7.19. The predicted molar refractivity (Wildman–Crippen MR) is 251 cm³/mol. The zero-order valence-electron chi connectivity index (χ0n) is 38.8. The Labute approximate surface area is 388 Å². The minimum Gasteiger partial charge on any atom is -0.494 e. The minimum atomic E-state index is -0.904. The third-order valence-corrected chi connectivity index (χ3v) is 10.4. The van der Waals surface area contributed by atoms with Crippen molar-refractivity contribution in [2.45, 2.75) is 136 Å². The van der Waals surface area contributed by atoms with Crippen molar-refractivity contribution in [2.24, 2.45) is 0 Å². The summed E-state index contributed by atoms with van der Waals surface area (Å²) in [6.45, 7) is 8.13. The van der Waals surface area contributed by atoms with Crippen LogP contribution in [0.15, 0.2) is 72.8 Å². The molecule has 0 saturated carbocycles. The van der Waals surface area contributed by atoms with Gasteiger partial charge in [0.15, 0.2) is 0 Å². The molecule has 4 aromatic rings. The zero-order valence-corrected chi connectivity index (χ0v) is 38.8. The molecule has 1 heterocycles. The standard InChI is InChI=1S/C48H69N9O9/c1-4-7-10-13-16-19-34-64-40-28-22-37(23-29-40)43(58)55(61)52-46-49-47(53-56(62)44(59)38-24-30-41(31-25-38)65-35-20-17-14-11-8-5-2)51-48(50-46)54-57(63)45(60)39-26-32-42(33-27-39)66-36-21-18-15-12-9-6-3/h22-33,61-63H,4-21,34-36H2,1-3H3,(H3,49,50,51,52,53,54). The topological polar surface area (TPSA) is 224 Å².